The number of hydrogen-bond acceptors (Lipinski definition) is 4. The van der Waals surface area contributed by atoms with Crippen LogP contribution in [0.4, 0.5) is 0 Å². The van der Waals surface area contributed by atoms with Crippen molar-refractivity contribution in [2.75, 3.05) is 0 Å². The standard InChI is InChI=1S/C13H18N4S/c1-3-10(14)12(11-6-4-5-7-15-11)18-13-16-8-9-17(13)2/h4-10,12H,3,14H2,1-2H3. The number of imidazole rings is 1. The highest BCUT2D eigenvalue weighted by atomic mass is 32.2. The number of hydrogen-bond donors (Lipinski definition) is 1. The molecule has 0 spiro atoms. The Hall–Kier alpha value is -1.33. The molecule has 0 fully saturated rings. The van der Waals surface area contributed by atoms with Gasteiger partial charge in [0.25, 0.3) is 0 Å². The van der Waals surface area contributed by atoms with E-state index in [1.807, 2.05) is 42.2 Å². The first-order chi connectivity index (χ1) is 8.72. The van der Waals surface area contributed by atoms with Crippen LogP contribution in [-0.4, -0.2) is 20.6 Å². The minimum absolute atomic E-state index is 0.0709. The monoisotopic (exact) mass is 262 g/mol. The molecule has 2 unspecified atom stereocenters. The first-order valence-electron chi connectivity index (χ1n) is 6.03. The van der Waals surface area contributed by atoms with Gasteiger partial charge in [-0.3, -0.25) is 4.98 Å². The second-order valence-corrected chi connectivity index (χ2v) is 5.29. The van der Waals surface area contributed by atoms with Crippen LogP contribution < -0.4 is 5.73 Å². The van der Waals surface area contributed by atoms with E-state index in [-0.39, 0.29) is 11.3 Å². The van der Waals surface area contributed by atoms with Crippen LogP contribution in [0.3, 0.4) is 0 Å². The summed E-state index contributed by atoms with van der Waals surface area (Å²) in [6.45, 7) is 2.10. The Morgan fingerprint density at radius 3 is 2.72 bits per heavy atom. The van der Waals surface area contributed by atoms with Gasteiger partial charge in [-0.1, -0.05) is 24.8 Å². The smallest absolute Gasteiger partial charge is 0.168 e. The lowest BCUT2D eigenvalue weighted by Gasteiger charge is -2.21. The predicted molar refractivity (Wildman–Crippen MR) is 74.3 cm³/mol. The lowest BCUT2D eigenvalue weighted by molar-refractivity contribution is 0.621. The topological polar surface area (TPSA) is 56.7 Å². The first kappa shape index (κ1) is 13.1. The average molecular weight is 262 g/mol. The number of pyridine rings is 1. The summed E-state index contributed by atoms with van der Waals surface area (Å²) in [5.41, 5.74) is 7.23. The van der Waals surface area contributed by atoms with Crippen LogP contribution in [0, 0.1) is 0 Å². The molecular weight excluding hydrogens is 244 g/mol. The maximum Gasteiger partial charge on any atom is 0.168 e. The molecule has 0 saturated heterocycles. The number of aromatic nitrogens is 3. The van der Waals surface area contributed by atoms with Crippen LogP contribution in [0.2, 0.25) is 0 Å². The fraction of sp³-hybridized carbons (Fsp3) is 0.385. The Morgan fingerprint density at radius 1 is 1.33 bits per heavy atom. The summed E-state index contributed by atoms with van der Waals surface area (Å²) < 4.78 is 2.00. The van der Waals surface area contributed by atoms with Crippen molar-refractivity contribution in [1.82, 2.24) is 14.5 Å². The third-order valence-corrected chi connectivity index (χ3v) is 4.30. The van der Waals surface area contributed by atoms with E-state index >= 15 is 0 Å². The number of nitrogens with zero attached hydrogens (tertiary/aromatic N) is 3. The van der Waals surface area contributed by atoms with E-state index in [1.165, 1.54) is 0 Å². The van der Waals surface area contributed by atoms with Gasteiger partial charge in [-0.25, -0.2) is 4.98 Å². The third-order valence-electron chi connectivity index (χ3n) is 2.85. The van der Waals surface area contributed by atoms with Crippen LogP contribution >= 0.6 is 11.8 Å². The van der Waals surface area contributed by atoms with Gasteiger partial charge in [0.15, 0.2) is 5.16 Å². The molecule has 96 valence electrons. The minimum Gasteiger partial charge on any atom is -0.329 e. The third kappa shape index (κ3) is 2.91. The second-order valence-electron chi connectivity index (χ2n) is 4.19. The van der Waals surface area contributed by atoms with Crippen molar-refractivity contribution in [2.24, 2.45) is 12.8 Å². The van der Waals surface area contributed by atoms with Crippen LogP contribution in [0.5, 0.6) is 0 Å². The maximum atomic E-state index is 6.22. The number of thioether (sulfide) groups is 1. The van der Waals surface area contributed by atoms with Gasteiger partial charge in [0, 0.05) is 31.7 Å². The lowest BCUT2D eigenvalue weighted by Crippen LogP contribution is -2.26. The summed E-state index contributed by atoms with van der Waals surface area (Å²) in [6.07, 6.45) is 6.47. The Kier molecular flexibility index (Phi) is 4.38. The molecule has 0 bridgehead atoms. The first-order valence-corrected chi connectivity index (χ1v) is 6.90. The number of rotatable bonds is 5. The summed E-state index contributed by atoms with van der Waals surface area (Å²) in [4.78, 5) is 8.76. The van der Waals surface area contributed by atoms with Crippen molar-refractivity contribution in [3.8, 4) is 0 Å². The summed E-state index contributed by atoms with van der Waals surface area (Å²) >= 11 is 1.67. The Balaban J connectivity index is 2.24. The molecule has 2 N–H and O–H groups in total. The molecule has 4 nitrogen and oxygen atoms in total. The van der Waals surface area contributed by atoms with E-state index in [0.717, 1.165) is 17.3 Å². The molecule has 0 amide bonds. The van der Waals surface area contributed by atoms with Gasteiger partial charge in [-0.05, 0) is 18.6 Å². The fourth-order valence-electron chi connectivity index (χ4n) is 1.70. The second kappa shape index (κ2) is 6.02. The van der Waals surface area contributed by atoms with E-state index in [1.54, 1.807) is 18.0 Å². The molecule has 5 heteroatoms. The maximum absolute atomic E-state index is 6.22. The molecule has 2 aromatic heterocycles. The Labute approximate surface area is 112 Å². The van der Waals surface area contributed by atoms with Gasteiger partial charge >= 0.3 is 0 Å². The fourth-order valence-corrected chi connectivity index (χ4v) is 2.91. The number of aryl methyl sites for hydroxylation is 1. The van der Waals surface area contributed by atoms with Crippen LogP contribution in [0.15, 0.2) is 41.9 Å². The Morgan fingerprint density at radius 2 is 2.17 bits per heavy atom. The van der Waals surface area contributed by atoms with Crippen molar-refractivity contribution in [3.05, 3.63) is 42.5 Å². The summed E-state index contributed by atoms with van der Waals surface area (Å²) in [7, 11) is 1.99. The molecule has 0 aliphatic rings. The Bertz CT molecular complexity index is 483. The van der Waals surface area contributed by atoms with Crippen LogP contribution in [0.1, 0.15) is 24.3 Å². The van der Waals surface area contributed by atoms with Crippen molar-refractivity contribution in [2.45, 2.75) is 29.8 Å². The molecule has 0 aliphatic heterocycles. The molecule has 0 radical (unpaired) electrons. The summed E-state index contributed by atoms with van der Waals surface area (Å²) in [6, 6.07) is 6.01. The normalized spacial score (nSPS) is 14.4. The molecule has 0 aliphatic carbocycles. The zero-order chi connectivity index (χ0) is 13.0. The van der Waals surface area contributed by atoms with E-state index in [4.69, 9.17) is 5.73 Å². The van der Waals surface area contributed by atoms with E-state index in [2.05, 4.69) is 16.9 Å². The zero-order valence-electron chi connectivity index (χ0n) is 10.7. The van der Waals surface area contributed by atoms with Crippen LogP contribution in [-0.2, 0) is 7.05 Å². The zero-order valence-corrected chi connectivity index (χ0v) is 11.5. The van der Waals surface area contributed by atoms with E-state index in [9.17, 15) is 0 Å². The highest BCUT2D eigenvalue weighted by Crippen LogP contribution is 2.35. The van der Waals surface area contributed by atoms with Gasteiger partial charge in [-0.2, -0.15) is 0 Å². The van der Waals surface area contributed by atoms with Gasteiger partial charge in [0.05, 0.1) is 10.9 Å². The van der Waals surface area contributed by atoms with Crippen molar-refractivity contribution in [3.63, 3.8) is 0 Å². The van der Waals surface area contributed by atoms with E-state index < -0.39 is 0 Å². The average Bonchev–Trinajstić information content (AvgIpc) is 2.81. The van der Waals surface area contributed by atoms with Crippen molar-refractivity contribution >= 4 is 11.8 Å². The molecule has 2 aromatic rings. The highest BCUT2D eigenvalue weighted by Gasteiger charge is 2.22. The predicted octanol–water partition coefficient (Wildman–Crippen LogP) is 2.39. The summed E-state index contributed by atoms with van der Waals surface area (Å²) in [5, 5.41) is 1.10. The minimum atomic E-state index is 0.0709. The van der Waals surface area contributed by atoms with Gasteiger partial charge in [0.2, 0.25) is 0 Å². The molecular formula is C13H18N4S. The molecule has 0 saturated carbocycles. The SMILES string of the molecule is CCC(N)C(Sc1nccn1C)c1ccccn1. The molecule has 18 heavy (non-hydrogen) atoms. The van der Waals surface area contributed by atoms with Crippen LogP contribution in [0.25, 0.3) is 0 Å². The number of nitrogens with two attached hydrogens (primary N) is 1. The largest absolute Gasteiger partial charge is 0.329 e. The molecule has 2 heterocycles. The highest BCUT2D eigenvalue weighted by molar-refractivity contribution is 7.99. The summed E-state index contributed by atoms with van der Waals surface area (Å²) in [5.74, 6) is 0. The van der Waals surface area contributed by atoms with Gasteiger partial charge in [-0.15, -0.1) is 0 Å². The quantitative estimate of drug-likeness (QED) is 0.841. The van der Waals surface area contributed by atoms with E-state index in [0.29, 0.717) is 0 Å². The molecule has 0 aromatic carbocycles. The van der Waals surface area contributed by atoms with Crippen molar-refractivity contribution < 1.29 is 0 Å². The van der Waals surface area contributed by atoms with Crippen molar-refractivity contribution in [1.29, 1.82) is 0 Å². The van der Waals surface area contributed by atoms with Gasteiger partial charge < -0.3 is 10.3 Å². The molecule has 2 atom stereocenters. The van der Waals surface area contributed by atoms with Gasteiger partial charge in [0.1, 0.15) is 0 Å². The lowest BCUT2D eigenvalue weighted by atomic mass is 10.1. The molecule has 2 rings (SSSR count).